The maximum Gasteiger partial charge on any atom is 0.416 e. The fourth-order valence-electron chi connectivity index (χ4n) is 3.22. The van der Waals surface area contributed by atoms with Crippen molar-refractivity contribution in [3.63, 3.8) is 0 Å². The zero-order valence-corrected chi connectivity index (χ0v) is 15.4. The molecule has 4 rings (SSSR count). The first-order valence-electron chi connectivity index (χ1n) is 8.87. The van der Waals surface area contributed by atoms with E-state index >= 15 is 0 Å². The number of fused-ring (bicyclic) bond motifs is 1. The van der Waals surface area contributed by atoms with Crippen molar-refractivity contribution in [3.05, 3.63) is 83.1 Å². The van der Waals surface area contributed by atoms with Crippen molar-refractivity contribution in [2.24, 2.45) is 0 Å². The van der Waals surface area contributed by atoms with Crippen LogP contribution in [-0.4, -0.2) is 10.5 Å². The Balaban J connectivity index is 1.67. The number of alkyl halides is 3. The molecule has 1 amide bonds. The summed E-state index contributed by atoms with van der Waals surface area (Å²) >= 11 is 0. The number of nitrogens with one attached hydrogen (secondary N) is 1. The summed E-state index contributed by atoms with van der Waals surface area (Å²) in [5.74, 6) is 0.863. The summed E-state index contributed by atoms with van der Waals surface area (Å²) in [6, 6.07) is 11.9. The van der Waals surface area contributed by atoms with Crippen molar-refractivity contribution >= 4 is 17.0 Å². The molecule has 0 fully saturated rings. The molecule has 3 aromatic heterocycles. The van der Waals surface area contributed by atoms with E-state index in [-0.39, 0.29) is 19.0 Å². The van der Waals surface area contributed by atoms with Gasteiger partial charge in [0.2, 0.25) is 0 Å². The molecule has 0 aliphatic carbocycles. The smallest absolute Gasteiger partial charge is 0.416 e. The highest BCUT2D eigenvalue weighted by molar-refractivity contribution is 5.97. The van der Waals surface area contributed by atoms with E-state index in [1.807, 2.05) is 0 Å². The van der Waals surface area contributed by atoms with Crippen molar-refractivity contribution in [1.29, 1.82) is 0 Å². The molecule has 1 N–H and O–H groups in total. The molecule has 3 heterocycles. The topological polar surface area (TPSA) is 60.3 Å². The molecule has 0 unspecified atom stereocenters. The second-order valence-electron chi connectivity index (χ2n) is 6.68. The molecule has 8 heteroatoms. The lowest BCUT2D eigenvalue weighted by Gasteiger charge is -2.12. The Bertz CT molecular complexity index is 1150. The number of hydrogen-bond acceptors (Lipinski definition) is 3. The minimum absolute atomic E-state index is 0.0932. The monoisotopic (exact) mass is 402 g/mol. The van der Waals surface area contributed by atoms with Crippen LogP contribution in [0, 0.1) is 6.92 Å². The van der Waals surface area contributed by atoms with Crippen molar-refractivity contribution in [3.8, 4) is 0 Å². The van der Waals surface area contributed by atoms with Gasteiger partial charge in [-0.25, -0.2) is 0 Å². The number of amides is 1. The van der Waals surface area contributed by atoms with Gasteiger partial charge in [-0.3, -0.25) is 4.79 Å². The van der Waals surface area contributed by atoms with Gasteiger partial charge in [0.05, 0.1) is 23.9 Å². The normalized spacial score (nSPS) is 11.9. The van der Waals surface area contributed by atoms with E-state index in [1.165, 1.54) is 12.3 Å². The lowest BCUT2D eigenvalue weighted by atomic mass is 10.1. The van der Waals surface area contributed by atoms with E-state index in [2.05, 4.69) is 5.32 Å². The van der Waals surface area contributed by atoms with Crippen LogP contribution in [0.15, 0.2) is 63.6 Å². The largest absolute Gasteiger partial charge is 0.467 e. The van der Waals surface area contributed by atoms with Crippen molar-refractivity contribution in [2.45, 2.75) is 26.2 Å². The van der Waals surface area contributed by atoms with Crippen LogP contribution in [0.5, 0.6) is 0 Å². The maximum atomic E-state index is 13.1. The number of halogens is 3. The first-order chi connectivity index (χ1) is 13.8. The highest BCUT2D eigenvalue weighted by Crippen LogP contribution is 2.30. The Labute approximate surface area is 163 Å². The van der Waals surface area contributed by atoms with Crippen LogP contribution < -0.4 is 5.32 Å². The predicted octanol–water partition coefficient (Wildman–Crippen LogP) is 5.13. The Morgan fingerprint density at radius 2 is 1.97 bits per heavy atom. The van der Waals surface area contributed by atoms with Crippen LogP contribution in [0.2, 0.25) is 0 Å². The first kappa shape index (κ1) is 18.9. The minimum atomic E-state index is -4.43. The Hall–Kier alpha value is -3.42. The van der Waals surface area contributed by atoms with Crippen molar-refractivity contribution < 1.29 is 26.8 Å². The molecule has 5 nitrogen and oxygen atoms in total. The molecule has 0 radical (unpaired) electrons. The van der Waals surface area contributed by atoms with Crippen molar-refractivity contribution in [2.75, 3.05) is 0 Å². The number of nitrogens with zero attached hydrogens (tertiary/aromatic N) is 1. The van der Waals surface area contributed by atoms with Crippen LogP contribution in [0.4, 0.5) is 13.2 Å². The van der Waals surface area contributed by atoms with E-state index in [4.69, 9.17) is 8.83 Å². The van der Waals surface area contributed by atoms with Crippen LogP contribution >= 0.6 is 0 Å². The summed E-state index contributed by atoms with van der Waals surface area (Å²) in [6.45, 7) is 2.06. The van der Waals surface area contributed by atoms with E-state index < -0.39 is 11.7 Å². The summed E-state index contributed by atoms with van der Waals surface area (Å²) in [5, 5.41) is 2.75. The van der Waals surface area contributed by atoms with Gasteiger partial charge in [-0.05, 0) is 36.8 Å². The average molecular weight is 402 g/mol. The van der Waals surface area contributed by atoms with Gasteiger partial charge in [0.1, 0.15) is 17.2 Å². The molecule has 0 saturated carbocycles. The fraction of sp³-hybridized carbons (Fsp3) is 0.190. The summed E-state index contributed by atoms with van der Waals surface area (Å²) in [5.41, 5.74) is 1.13. The van der Waals surface area contributed by atoms with Crippen LogP contribution in [0.1, 0.15) is 33.1 Å². The molecule has 0 bridgehead atoms. The third-order valence-corrected chi connectivity index (χ3v) is 4.54. The van der Waals surface area contributed by atoms with Gasteiger partial charge >= 0.3 is 6.18 Å². The van der Waals surface area contributed by atoms with Gasteiger partial charge in [0.25, 0.3) is 5.91 Å². The molecular formula is C21H17F3N2O3. The zero-order chi connectivity index (χ0) is 20.6. The van der Waals surface area contributed by atoms with E-state index in [0.717, 1.165) is 12.1 Å². The summed E-state index contributed by atoms with van der Waals surface area (Å²) in [7, 11) is 0. The number of carbonyl (C=O) groups is 1. The Morgan fingerprint density at radius 1 is 1.14 bits per heavy atom. The highest BCUT2D eigenvalue weighted by Gasteiger charge is 2.30. The van der Waals surface area contributed by atoms with Crippen molar-refractivity contribution in [1.82, 2.24) is 9.88 Å². The highest BCUT2D eigenvalue weighted by atomic mass is 19.4. The Morgan fingerprint density at radius 3 is 2.69 bits per heavy atom. The third-order valence-electron chi connectivity index (χ3n) is 4.54. The second-order valence-corrected chi connectivity index (χ2v) is 6.68. The van der Waals surface area contributed by atoms with E-state index in [0.29, 0.717) is 33.9 Å². The van der Waals surface area contributed by atoms with Crippen LogP contribution in [0.25, 0.3) is 11.1 Å². The molecule has 29 heavy (non-hydrogen) atoms. The SMILES string of the molecule is Cc1cc2c(cc(C(=O)NCc3ccco3)n2Cc2cccc(C(F)(F)F)c2)o1. The number of aromatic nitrogens is 1. The minimum Gasteiger partial charge on any atom is -0.467 e. The lowest BCUT2D eigenvalue weighted by Crippen LogP contribution is -2.25. The molecule has 0 atom stereocenters. The quantitative estimate of drug-likeness (QED) is 0.503. The van der Waals surface area contributed by atoms with E-state index in [9.17, 15) is 18.0 Å². The van der Waals surface area contributed by atoms with Crippen LogP contribution in [-0.2, 0) is 19.3 Å². The number of carbonyl (C=O) groups excluding carboxylic acids is 1. The number of benzene rings is 1. The molecule has 150 valence electrons. The molecule has 0 saturated heterocycles. The van der Waals surface area contributed by atoms with Gasteiger partial charge in [-0.2, -0.15) is 13.2 Å². The Kier molecular flexibility index (Phi) is 4.70. The molecule has 0 aliphatic rings. The predicted molar refractivity (Wildman–Crippen MR) is 99.4 cm³/mol. The first-order valence-corrected chi connectivity index (χ1v) is 8.87. The number of furan rings is 2. The molecule has 1 aromatic carbocycles. The summed E-state index contributed by atoms with van der Waals surface area (Å²) in [6.07, 6.45) is -2.93. The molecule has 0 spiro atoms. The molecule has 0 aliphatic heterocycles. The average Bonchev–Trinajstić information content (AvgIpc) is 3.37. The number of aryl methyl sites for hydroxylation is 1. The van der Waals surface area contributed by atoms with E-state index in [1.54, 1.807) is 41.8 Å². The van der Waals surface area contributed by atoms with Gasteiger partial charge in [-0.15, -0.1) is 0 Å². The second kappa shape index (κ2) is 7.20. The number of hydrogen-bond donors (Lipinski definition) is 1. The molecule has 4 aromatic rings. The maximum absolute atomic E-state index is 13.1. The standard InChI is InChI=1S/C21H17F3N2O3/c1-13-8-17-19(29-13)10-18(20(27)25-11-16-6-3-7-28-16)26(17)12-14-4-2-5-15(9-14)21(22,23)24/h2-10H,11-12H2,1H3,(H,25,27). The van der Waals surface area contributed by atoms with Gasteiger partial charge < -0.3 is 18.7 Å². The third kappa shape index (κ3) is 3.91. The lowest BCUT2D eigenvalue weighted by molar-refractivity contribution is -0.137. The fourth-order valence-corrected chi connectivity index (χ4v) is 3.22. The van der Waals surface area contributed by atoms with Gasteiger partial charge in [0.15, 0.2) is 5.58 Å². The van der Waals surface area contributed by atoms with Crippen LogP contribution in [0.3, 0.4) is 0 Å². The van der Waals surface area contributed by atoms with Gasteiger partial charge in [-0.1, -0.05) is 12.1 Å². The number of rotatable bonds is 5. The van der Waals surface area contributed by atoms with Gasteiger partial charge in [0, 0.05) is 18.7 Å². The summed E-state index contributed by atoms with van der Waals surface area (Å²) in [4.78, 5) is 12.7. The molecular weight excluding hydrogens is 385 g/mol. The zero-order valence-electron chi connectivity index (χ0n) is 15.4. The summed E-state index contributed by atoms with van der Waals surface area (Å²) < 4.78 is 51.6.